The zero-order valence-electron chi connectivity index (χ0n) is 18.0. The molecule has 204 valence electrons. The van der Waals surface area contributed by atoms with Gasteiger partial charge in [-0.05, 0) is 0 Å². The molecule has 17 nitrogen and oxygen atoms in total. The van der Waals surface area contributed by atoms with E-state index >= 15 is 0 Å². The van der Waals surface area contributed by atoms with Crippen LogP contribution in [0, 0.1) is 0 Å². The molecule has 0 bridgehead atoms. The van der Waals surface area contributed by atoms with Gasteiger partial charge in [0.1, 0.15) is 54.9 Å². The molecule has 2 heterocycles. The number of aliphatic hydroxyl groups excluding tert-OH is 10. The maximum absolute atomic E-state index is 12.7. The van der Waals surface area contributed by atoms with Crippen LogP contribution in [0.1, 0.15) is 0 Å². The number of aliphatic hydroxyl groups is 10. The lowest BCUT2D eigenvalue weighted by molar-refractivity contribution is -0.315. The van der Waals surface area contributed by atoms with Crippen molar-refractivity contribution in [2.24, 2.45) is 0 Å². The van der Waals surface area contributed by atoms with Crippen LogP contribution in [-0.2, 0) is 28.5 Å². The van der Waals surface area contributed by atoms with Crippen LogP contribution in [0.5, 0.6) is 0 Å². The Morgan fingerprint density at radius 3 is 1.74 bits per heavy atom. The second-order valence-corrected chi connectivity index (χ2v) is 8.03. The predicted molar refractivity (Wildman–Crippen MR) is 103 cm³/mol. The Balaban J connectivity index is 2.28. The highest BCUT2D eigenvalue weighted by molar-refractivity contribution is 5.84. The van der Waals surface area contributed by atoms with E-state index in [1.165, 1.54) is 0 Å². The molecule has 12 atom stereocenters. The summed E-state index contributed by atoms with van der Waals surface area (Å²) in [6.45, 7) is -4.60. The molecule has 11 N–H and O–H groups in total. The maximum atomic E-state index is 12.7. The fourth-order valence-electron chi connectivity index (χ4n) is 3.66. The minimum atomic E-state index is -3.16. The van der Waals surface area contributed by atoms with Crippen LogP contribution < -0.4 is 0 Å². The summed E-state index contributed by atoms with van der Waals surface area (Å²) < 4.78 is 20.0. The summed E-state index contributed by atoms with van der Waals surface area (Å²) in [6.07, 6.45) is -21.3. The van der Waals surface area contributed by atoms with Crippen LogP contribution in [0.25, 0.3) is 0 Å². The van der Waals surface area contributed by atoms with Gasteiger partial charge in [-0.15, -0.1) is 0 Å². The van der Waals surface area contributed by atoms with E-state index < -0.39 is 111 Å². The molecule has 0 saturated carbocycles. The number of ether oxygens (including phenoxy) is 4. The fraction of sp³-hybridized carbons (Fsp3) is 0.889. The molecule has 2 fully saturated rings. The number of carbonyl (C=O) groups is 2. The van der Waals surface area contributed by atoms with Crippen molar-refractivity contribution in [2.45, 2.75) is 72.9 Å². The van der Waals surface area contributed by atoms with Crippen LogP contribution in [0.4, 0.5) is 0 Å². The Morgan fingerprint density at radius 2 is 1.29 bits per heavy atom. The van der Waals surface area contributed by atoms with E-state index in [0.29, 0.717) is 0 Å². The molecule has 0 aromatic rings. The van der Waals surface area contributed by atoms with E-state index in [1.807, 2.05) is 0 Å². The zero-order chi connectivity index (χ0) is 26.7. The normalized spacial score (nSPS) is 40.5. The first-order chi connectivity index (χ1) is 16.4. The van der Waals surface area contributed by atoms with E-state index in [1.54, 1.807) is 0 Å². The number of hydrogen-bond donors (Lipinski definition) is 11. The summed E-state index contributed by atoms with van der Waals surface area (Å²) >= 11 is 0. The van der Waals surface area contributed by atoms with Crippen LogP contribution in [0.3, 0.4) is 0 Å². The Kier molecular flexibility index (Phi) is 10.3. The van der Waals surface area contributed by atoms with Crippen molar-refractivity contribution >= 4 is 11.9 Å². The number of hydrogen-bond acceptors (Lipinski definition) is 16. The summed E-state index contributed by atoms with van der Waals surface area (Å²) in [7, 11) is 0. The first kappa shape index (κ1) is 29.6. The smallest absolute Gasteiger partial charge is 0.353 e. The second kappa shape index (κ2) is 12.1. The summed E-state index contributed by atoms with van der Waals surface area (Å²) in [5.74, 6) is -3.81. The number of rotatable bonds is 10. The zero-order valence-corrected chi connectivity index (χ0v) is 18.0. The summed E-state index contributed by atoms with van der Waals surface area (Å²) in [6, 6.07) is 0. The quantitative estimate of drug-likeness (QED) is 0.120. The fourth-order valence-corrected chi connectivity index (χ4v) is 3.66. The molecule has 2 rings (SSSR count). The molecule has 0 aliphatic carbocycles. The monoisotopic (exact) mass is 518 g/mol. The molecule has 2 aliphatic rings. The average Bonchev–Trinajstić information content (AvgIpc) is 2.84. The molecule has 0 radical (unpaired) electrons. The Labute approximate surface area is 196 Å². The van der Waals surface area contributed by atoms with E-state index in [9.17, 15) is 65.8 Å². The average molecular weight is 518 g/mol. The van der Waals surface area contributed by atoms with Gasteiger partial charge in [0, 0.05) is 0 Å². The number of aliphatic carboxylic acids is 1. The minimum Gasteiger partial charge on any atom is -0.478 e. The molecule has 2 aliphatic heterocycles. The molecule has 2 saturated heterocycles. The third-order valence-corrected chi connectivity index (χ3v) is 5.81. The number of carbonyl (C=O) groups excluding carboxylic acids is 1. The molecule has 17 heteroatoms. The first-order valence-corrected chi connectivity index (χ1v) is 10.3. The summed E-state index contributed by atoms with van der Waals surface area (Å²) in [5, 5.41) is 107. The molecule has 35 heavy (non-hydrogen) atoms. The molecule has 0 aromatic heterocycles. The lowest BCUT2D eigenvalue weighted by Crippen LogP contribution is -2.70. The summed E-state index contributed by atoms with van der Waals surface area (Å²) in [5.41, 5.74) is -3.16. The van der Waals surface area contributed by atoms with E-state index in [2.05, 4.69) is 0 Å². The van der Waals surface area contributed by atoms with Gasteiger partial charge >= 0.3 is 11.9 Å². The van der Waals surface area contributed by atoms with Gasteiger partial charge in [-0.2, -0.15) is 0 Å². The van der Waals surface area contributed by atoms with Crippen LogP contribution >= 0.6 is 0 Å². The molecule has 0 aromatic carbocycles. The Hall–Kier alpha value is -1.58. The standard InChI is InChI=1S/C18H30O17/c19-1-5-8(23)10(25)12(27)14(32-5)18(4-22,17(30)31)35-15(29)7(3-21)34-16-13(28)11(26)9(24)6(2-20)33-16/h5-14,16,19-28H,1-4H2,(H,30,31)/t5-,6-,7-,8-,9-,10+,11+,12-,13-,14?,16-,18?/m1/s1. The third-order valence-electron chi connectivity index (χ3n) is 5.81. The van der Waals surface area contributed by atoms with E-state index in [-0.39, 0.29) is 0 Å². The van der Waals surface area contributed by atoms with Crippen molar-refractivity contribution in [2.75, 3.05) is 26.4 Å². The highest BCUT2D eigenvalue weighted by atomic mass is 16.7. The van der Waals surface area contributed by atoms with Crippen molar-refractivity contribution in [1.29, 1.82) is 0 Å². The Morgan fingerprint density at radius 1 is 0.771 bits per heavy atom. The van der Waals surface area contributed by atoms with Crippen LogP contribution in [0.15, 0.2) is 0 Å². The molecule has 0 spiro atoms. The molecular weight excluding hydrogens is 488 g/mol. The minimum absolute atomic E-state index is 0.844. The van der Waals surface area contributed by atoms with Gasteiger partial charge in [-0.3, -0.25) is 0 Å². The number of carboxylic acid groups (broad SMARTS) is 1. The summed E-state index contributed by atoms with van der Waals surface area (Å²) in [4.78, 5) is 24.7. The number of carboxylic acids is 1. The van der Waals surface area contributed by atoms with E-state index in [4.69, 9.17) is 18.9 Å². The van der Waals surface area contributed by atoms with Gasteiger partial charge in [0.05, 0.1) is 26.4 Å². The van der Waals surface area contributed by atoms with Gasteiger partial charge in [0.2, 0.25) is 0 Å². The highest BCUT2D eigenvalue weighted by Gasteiger charge is 2.60. The third kappa shape index (κ3) is 5.72. The van der Waals surface area contributed by atoms with Gasteiger partial charge in [0.15, 0.2) is 12.4 Å². The van der Waals surface area contributed by atoms with Crippen molar-refractivity contribution in [1.82, 2.24) is 0 Å². The Bertz CT molecular complexity index is 717. The van der Waals surface area contributed by atoms with E-state index in [0.717, 1.165) is 0 Å². The lowest BCUT2D eigenvalue weighted by atomic mass is 9.85. The molecule has 0 amide bonds. The molecule has 2 unspecified atom stereocenters. The van der Waals surface area contributed by atoms with Crippen molar-refractivity contribution in [3.63, 3.8) is 0 Å². The van der Waals surface area contributed by atoms with Gasteiger partial charge in [-0.1, -0.05) is 0 Å². The lowest BCUT2D eigenvalue weighted by Gasteiger charge is -2.46. The van der Waals surface area contributed by atoms with Gasteiger partial charge in [0.25, 0.3) is 5.60 Å². The van der Waals surface area contributed by atoms with Crippen LogP contribution in [-0.4, -0.2) is 167 Å². The van der Waals surface area contributed by atoms with Crippen molar-refractivity contribution in [3.8, 4) is 0 Å². The predicted octanol–water partition coefficient (Wildman–Crippen LogP) is -7.63. The first-order valence-electron chi connectivity index (χ1n) is 10.3. The molecular formula is C18H30O17. The number of esters is 1. The van der Waals surface area contributed by atoms with Gasteiger partial charge < -0.3 is 75.1 Å². The van der Waals surface area contributed by atoms with Crippen LogP contribution in [0.2, 0.25) is 0 Å². The largest absolute Gasteiger partial charge is 0.478 e. The SMILES string of the molecule is O=C(OC(CO)(C(=O)O)C1O[C@H](CO)[C@@H](O)[C@H](O)[C@H]1O)[C@@H](CO)O[C@H]1O[C@H](CO)[C@@H](O)[C@H](O)[C@H]1O. The topological polar surface area (TPSA) is 294 Å². The van der Waals surface area contributed by atoms with Gasteiger partial charge in [-0.25, -0.2) is 9.59 Å². The second-order valence-electron chi connectivity index (χ2n) is 8.03. The van der Waals surface area contributed by atoms with Crippen molar-refractivity contribution < 1.29 is 84.7 Å². The van der Waals surface area contributed by atoms with Crippen molar-refractivity contribution in [3.05, 3.63) is 0 Å². The highest BCUT2D eigenvalue weighted by Crippen LogP contribution is 2.32. The maximum Gasteiger partial charge on any atom is 0.353 e.